The van der Waals surface area contributed by atoms with Gasteiger partial charge in [-0.15, -0.1) is 0 Å². The fourth-order valence-corrected chi connectivity index (χ4v) is 3.54. The van der Waals surface area contributed by atoms with Crippen LogP contribution in [-0.2, 0) is 11.2 Å². The van der Waals surface area contributed by atoms with Gasteiger partial charge in [0.25, 0.3) is 0 Å². The van der Waals surface area contributed by atoms with E-state index in [1.807, 2.05) is 38.1 Å². The van der Waals surface area contributed by atoms with Gasteiger partial charge in [-0.1, -0.05) is 12.2 Å². The number of benzene rings is 2. The van der Waals surface area contributed by atoms with Crippen LogP contribution in [0.15, 0.2) is 24.3 Å². The van der Waals surface area contributed by atoms with E-state index < -0.39 is 0 Å². The average Bonchev–Trinajstić information content (AvgIpc) is 2.69. The summed E-state index contributed by atoms with van der Waals surface area (Å²) in [6, 6.07) is 8.04. The SMILES string of the molecule is COc1cc2c(cc1OC)CC(OC(C)C)c1cc(OC)c(OC)cc1C=C2. The number of ether oxygens (including phenoxy) is 5. The van der Waals surface area contributed by atoms with Gasteiger partial charge < -0.3 is 23.7 Å². The summed E-state index contributed by atoms with van der Waals surface area (Å²) in [5, 5.41) is 0. The van der Waals surface area contributed by atoms with E-state index in [1.54, 1.807) is 28.4 Å². The van der Waals surface area contributed by atoms with Gasteiger partial charge >= 0.3 is 0 Å². The normalized spacial score (nSPS) is 15.3. The number of methoxy groups -OCH3 is 4. The van der Waals surface area contributed by atoms with E-state index >= 15 is 0 Å². The van der Waals surface area contributed by atoms with Gasteiger partial charge in [0.1, 0.15) is 0 Å². The molecule has 5 nitrogen and oxygen atoms in total. The van der Waals surface area contributed by atoms with Crippen LogP contribution in [0.1, 0.15) is 42.2 Å². The van der Waals surface area contributed by atoms with Gasteiger partial charge in [0.2, 0.25) is 0 Å². The van der Waals surface area contributed by atoms with Gasteiger partial charge in [0.05, 0.1) is 40.6 Å². The Hall–Kier alpha value is -2.66. The molecule has 0 heterocycles. The Morgan fingerprint density at radius 2 is 1.21 bits per heavy atom. The molecule has 2 aromatic carbocycles. The summed E-state index contributed by atoms with van der Waals surface area (Å²) >= 11 is 0. The number of fused-ring (bicyclic) bond motifs is 2. The summed E-state index contributed by atoms with van der Waals surface area (Å²) in [7, 11) is 6.59. The molecule has 3 rings (SSSR count). The lowest BCUT2D eigenvalue weighted by atomic mass is 9.90. The minimum atomic E-state index is -0.128. The summed E-state index contributed by atoms with van der Waals surface area (Å²) in [6.45, 7) is 4.09. The van der Waals surface area contributed by atoms with Gasteiger partial charge in [0.15, 0.2) is 23.0 Å². The third kappa shape index (κ3) is 3.94. The zero-order valence-corrected chi connectivity index (χ0v) is 17.4. The molecule has 2 aromatic rings. The molecule has 1 atom stereocenters. The van der Waals surface area contributed by atoms with Gasteiger partial charge in [-0.05, 0) is 60.4 Å². The molecular formula is C23H28O5. The Kier molecular flexibility index (Phi) is 6.15. The maximum atomic E-state index is 6.31. The second-order valence-corrected chi connectivity index (χ2v) is 6.95. The predicted molar refractivity (Wildman–Crippen MR) is 111 cm³/mol. The fraction of sp³-hybridized carbons (Fsp3) is 0.391. The fourth-order valence-electron chi connectivity index (χ4n) is 3.54. The summed E-state index contributed by atoms with van der Waals surface area (Å²) < 4.78 is 28.3. The topological polar surface area (TPSA) is 46.2 Å². The first kappa shape index (κ1) is 20.1. The highest BCUT2D eigenvalue weighted by Gasteiger charge is 2.24. The zero-order chi connectivity index (χ0) is 20.3. The van der Waals surface area contributed by atoms with E-state index in [4.69, 9.17) is 23.7 Å². The van der Waals surface area contributed by atoms with Crippen molar-refractivity contribution in [2.75, 3.05) is 28.4 Å². The van der Waals surface area contributed by atoms with E-state index in [-0.39, 0.29) is 12.2 Å². The molecule has 5 heteroatoms. The Bertz CT molecular complexity index is 870. The molecule has 0 N–H and O–H groups in total. The minimum Gasteiger partial charge on any atom is -0.493 e. The van der Waals surface area contributed by atoms with Crippen molar-refractivity contribution in [1.82, 2.24) is 0 Å². The highest BCUT2D eigenvalue weighted by molar-refractivity contribution is 5.76. The molecule has 150 valence electrons. The number of rotatable bonds is 6. The maximum absolute atomic E-state index is 6.31. The van der Waals surface area contributed by atoms with Crippen LogP contribution in [0.25, 0.3) is 12.2 Å². The van der Waals surface area contributed by atoms with E-state index in [1.165, 1.54) is 0 Å². The summed E-state index contributed by atoms with van der Waals surface area (Å²) in [4.78, 5) is 0. The monoisotopic (exact) mass is 384 g/mol. The van der Waals surface area contributed by atoms with E-state index in [2.05, 4.69) is 12.2 Å². The third-order valence-corrected chi connectivity index (χ3v) is 4.87. The molecule has 0 saturated carbocycles. The van der Waals surface area contributed by atoms with E-state index in [9.17, 15) is 0 Å². The molecule has 0 fully saturated rings. The Labute approximate surface area is 166 Å². The third-order valence-electron chi connectivity index (χ3n) is 4.87. The van der Waals surface area contributed by atoms with Crippen molar-refractivity contribution in [1.29, 1.82) is 0 Å². The summed E-state index contributed by atoms with van der Waals surface area (Å²) in [6.07, 6.45) is 4.83. The van der Waals surface area contributed by atoms with Gasteiger partial charge in [-0.25, -0.2) is 0 Å². The van der Waals surface area contributed by atoms with Crippen LogP contribution in [-0.4, -0.2) is 34.5 Å². The molecule has 0 amide bonds. The molecule has 28 heavy (non-hydrogen) atoms. The summed E-state index contributed by atoms with van der Waals surface area (Å²) in [5.74, 6) is 2.81. The quantitative estimate of drug-likeness (QED) is 0.708. The van der Waals surface area contributed by atoms with Gasteiger partial charge in [-0.3, -0.25) is 0 Å². The van der Waals surface area contributed by atoms with Crippen LogP contribution < -0.4 is 18.9 Å². The second kappa shape index (κ2) is 8.57. The molecule has 0 saturated heterocycles. The van der Waals surface area contributed by atoms with Crippen LogP contribution in [0.3, 0.4) is 0 Å². The number of hydrogen-bond donors (Lipinski definition) is 0. The van der Waals surface area contributed by atoms with Crippen molar-refractivity contribution in [2.24, 2.45) is 0 Å². The van der Waals surface area contributed by atoms with Crippen LogP contribution in [0.2, 0.25) is 0 Å². The lowest BCUT2D eigenvalue weighted by Gasteiger charge is -2.26. The lowest BCUT2D eigenvalue weighted by Crippen LogP contribution is -2.16. The average molecular weight is 384 g/mol. The van der Waals surface area contributed by atoms with Crippen LogP contribution in [0.4, 0.5) is 0 Å². The van der Waals surface area contributed by atoms with E-state index in [0.29, 0.717) is 29.4 Å². The standard InChI is InChI=1S/C23H28O5/c1-14(2)28-19-11-17-12-22(26-5)20(24-3)9-15(17)7-8-16-10-21(25-4)23(27-6)13-18(16)19/h7-10,12-14,19H,11H2,1-6H3. The highest BCUT2D eigenvalue weighted by Crippen LogP contribution is 2.40. The van der Waals surface area contributed by atoms with Crippen molar-refractivity contribution in [3.8, 4) is 23.0 Å². The molecule has 1 unspecified atom stereocenters. The highest BCUT2D eigenvalue weighted by atomic mass is 16.5. The molecule has 1 aliphatic carbocycles. The van der Waals surface area contributed by atoms with Crippen LogP contribution >= 0.6 is 0 Å². The molecular weight excluding hydrogens is 356 g/mol. The predicted octanol–water partition coefficient (Wildman–Crippen LogP) is 4.91. The molecule has 0 aromatic heterocycles. The maximum Gasteiger partial charge on any atom is 0.161 e. The largest absolute Gasteiger partial charge is 0.493 e. The number of hydrogen-bond acceptors (Lipinski definition) is 5. The van der Waals surface area contributed by atoms with E-state index in [0.717, 1.165) is 22.3 Å². The van der Waals surface area contributed by atoms with Crippen molar-refractivity contribution < 1.29 is 23.7 Å². The van der Waals surface area contributed by atoms with Gasteiger partial charge in [-0.2, -0.15) is 0 Å². The Balaban J connectivity index is 2.18. The first-order valence-corrected chi connectivity index (χ1v) is 9.35. The first-order valence-electron chi connectivity index (χ1n) is 9.35. The van der Waals surface area contributed by atoms with Crippen molar-refractivity contribution in [3.63, 3.8) is 0 Å². The molecule has 0 radical (unpaired) electrons. The Morgan fingerprint density at radius 1 is 0.714 bits per heavy atom. The van der Waals surface area contributed by atoms with Crippen molar-refractivity contribution >= 4 is 12.2 Å². The summed E-state index contributed by atoms with van der Waals surface area (Å²) in [5.41, 5.74) is 4.34. The molecule has 0 aliphatic heterocycles. The smallest absolute Gasteiger partial charge is 0.161 e. The molecule has 0 bridgehead atoms. The lowest BCUT2D eigenvalue weighted by molar-refractivity contribution is 0.00653. The second-order valence-electron chi connectivity index (χ2n) is 6.95. The van der Waals surface area contributed by atoms with Gasteiger partial charge in [0, 0.05) is 6.42 Å². The van der Waals surface area contributed by atoms with Crippen molar-refractivity contribution in [2.45, 2.75) is 32.5 Å². The Morgan fingerprint density at radius 3 is 1.79 bits per heavy atom. The first-order chi connectivity index (χ1) is 13.5. The van der Waals surface area contributed by atoms with Crippen molar-refractivity contribution in [3.05, 3.63) is 46.5 Å². The minimum absolute atomic E-state index is 0.0814. The molecule has 1 aliphatic rings. The molecule has 0 spiro atoms. The zero-order valence-electron chi connectivity index (χ0n) is 17.4. The van der Waals surface area contributed by atoms with Crippen LogP contribution in [0.5, 0.6) is 23.0 Å². The van der Waals surface area contributed by atoms with Crippen LogP contribution in [0, 0.1) is 0 Å².